The number of halogens is 1. The third-order valence-electron chi connectivity index (χ3n) is 4.31. The van der Waals surface area contributed by atoms with E-state index in [4.69, 9.17) is 0 Å². The smallest absolute Gasteiger partial charge is 0.0739 e. The summed E-state index contributed by atoms with van der Waals surface area (Å²) in [5.74, 6) is 1.81. The van der Waals surface area contributed by atoms with Crippen LogP contribution in [0.25, 0.3) is 0 Å². The average molecular weight is 328 g/mol. The van der Waals surface area contributed by atoms with Gasteiger partial charge in [-0.15, -0.1) is 0 Å². The summed E-state index contributed by atoms with van der Waals surface area (Å²) >= 11 is 3.65. The van der Waals surface area contributed by atoms with Crippen LogP contribution in [-0.4, -0.2) is 16.3 Å². The molecular weight excluding hydrogens is 302 g/mol. The van der Waals surface area contributed by atoms with Crippen LogP contribution >= 0.6 is 15.9 Å². The first-order chi connectivity index (χ1) is 9.11. The molecule has 1 N–H and O–H groups in total. The van der Waals surface area contributed by atoms with Crippen LogP contribution in [0.5, 0.6) is 0 Å². The number of hydrogen-bond acceptors (Lipinski definition) is 2. The zero-order valence-corrected chi connectivity index (χ0v) is 14.0. The fraction of sp³-hybridized carbons (Fsp3) is 0.800. The largest absolute Gasteiger partial charge is 0.311 e. The Morgan fingerprint density at radius 2 is 2.00 bits per heavy atom. The zero-order valence-electron chi connectivity index (χ0n) is 12.4. The topological polar surface area (TPSA) is 29.9 Å². The summed E-state index contributed by atoms with van der Waals surface area (Å²) < 4.78 is 3.26. The molecule has 0 aliphatic heterocycles. The highest BCUT2D eigenvalue weighted by Gasteiger charge is 2.18. The van der Waals surface area contributed by atoms with Gasteiger partial charge in [0.1, 0.15) is 0 Å². The van der Waals surface area contributed by atoms with Gasteiger partial charge >= 0.3 is 0 Å². The van der Waals surface area contributed by atoms with E-state index in [2.05, 4.69) is 51.8 Å². The Morgan fingerprint density at radius 1 is 1.32 bits per heavy atom. The van der Waals surface area contributed by atoms with Crippen molar-refractivity contribution in [1.29, 1.82) is 0 Å². The number of aromatic nitrogens is 2. The van der Waals surface area contributed by atoms with Gasteiger partial charge in [-0.2, -0.15) is 5.10 Å². The highest BCUT2D eigenvalue weighted by Crippen LogP contribution is 2.28. The van der Waals surface area contributed by atoms with Gasteiger partial charge in [0.05, 0.1) is 15.9 Å². The van der Waals surface area contributed by atoms with E-state index in [9.17, 15) is 0 Å². The van der Waals surface area contributed by atoms with E-state index >= 15 is 0 Å². The van der Waals surface area contributed by atoms with Crippen molar-refractivity contribution in [2.45, 2.75) is 59.5 Å². The normalized spacial score (nSPS) is 23.8. The Bertz CT molecular complexity index is 406. The van der Waals surface area contributed by atoms with Crippen molar-refractivity contribution < 1.29 is 0 Å². The lowest BCUT2D eigenvalue weighted by atomic mass is 9.83. The second kappa shape index (κ2) is 6.89. The third-order valence-corrected chi connectivity index (χ3v) is 5.35. The second-order valence-electron chi connectivity index (χ2n) is 5.92. The molecule has 0 unspecified atom stereocenters. The van der Waals surface area contributed by atoms with E-state index in [0.29, 0.717) is 0 Å². The van der Waals surface area contributed by atoms with Gasteiger partial charge in [0.25, 0.3) is 0 Å². The number of nitrogens with zero attached hydrogens (tertiary/aromatic N) is 2. The highest BCUT2D eigenvalue weighted by molar-refractivity contribution is 9.10. The molecule has 0 saturated heterocycles. The minimum absolute atomic E-state index is 0.870. The van der Waals surface area contributed by atoms with Gasteiger partial charge in [-0.3, -0.25) is 4.68 Å². The SMILES string of the molecule is CCn1nc(C)c(Br)c1CNCC1CCC(C)CC1. The first-order valence-electron chi connectivity index (χ1n) is 7.54. The van der Waals surface area contributed by atoms with Gasteiger partial charge in [0.15, 0.2) is 0 Å². The van der Waals surface area contributed by atoms with Gasteiger partial charge in [0, 0.05) is 13.1 Å². The van der Waals surface area contributed by atoms with E-state index < -0.39 is 0 Å². The van der Waals surface area contributed by atoms with Gasteiger partial charge < -0.3 is 5.32 Å². The fourth-order valence-electron chi connectivity index (χ4n) is 2.97. The molecule has 1 aromatic heterocycles. The summed E-state index contributed by atoms with van der Waals surface area (Å²) in [4.78, 5) is 0. The lowest BCUT2D eigenvalue weighted by Crippen LogP contribution is -2.26. The average Bonchev–Trinajstić information content (AvgIpc) is 2.68. The molecule has 0 amide bonds. The van der Waals surface area contributed by atoms with Crippen molar-refractivity contribution in [1.82, 2.24) is 15.1 Å². The molecule has 19 heavy (non-hydrogen) atoms. The molecule has 0 bridgehead atoms. The van der Waals surface area contributed by atoms with Crippen LogP contribution in [0.4, 0.5) is 0 Å². The molecule has 0 atom stereocenters. The summed E-state index contributed by atoms with van der Waals surface area (Å²) in [6, 6.07) is 0. The van der Waals surface area contributed by atoms with Crippen molar-refractivity contribution >= 4 is 15.9 Å². The number of hydrogen-bond donors (Lipinski definition) is 1. The highest BCUT2D eigenvalue weighted by atomic mass is 79.9. The lowest BCUT2D eigenvalue weighted by molar-refractivity contribution is 0.281. The molecule has 1 fully saturated rings. The fourth-order valence-corrected chi connectivity index (χ4v) is 3.39. The summed E-state index contributed by atoms with van der Waals surface area (Å²) in [7, 11) is 0. The maximum Gasteiger partial charge on any atom is 0.0739 e. The lowest BCUT2D eigenvalue weighted by Gasteiger charge is -2.26. The minimum Gasteiger partial charge on any atom is -0.311 e. The van der Waals surface area contributed by atoms with Crippen LogP contribution in [0.2, 0.25) is 0 Å². The van der Waals surface area contributed by atoms with Crippen LogP contribution < -0.4 is 5.32 Å². The Balaban J connectivity index is 1.82. The third kappa shape index (κ3) is 3.82. The summed E-state index contributed by atoms with van der Waals surface area (Å²) in [5.41, 5.74) is 2.37. The molecule has 3 nitrogen and oxygen atoms in total. The predicted octanol–water partition coefficient (Wildman–Crippen LogP) is 3.89. The summed E-state index contributed by atoms with van der Waals surface area (Å²) in [5, 5.41) is 8.16. The Hall–Kier alpha value is -0.350. The molecule has 2 rings (SSSR count). The molecular formula is C15H26BrN3. The molecule has 0 spiro atoms. The molecule has 1 saturated carbocycles. The number of rotatable bonds is 5. The predicted molar refractivity (Wildman–Crippen MR) is 83.2 cm³/mol. The maximum atomic E-state index is 4.53. The quantitative estimate of drug-likeness (QED) is 0.889. The molecule has 1 heterocycles. The number of nitrogens with one attached hydrogen (secondary N) is 1. The molecule has 0 radical (unpaired) electrons. The standard InChI is InChI=1S/C15H26BrN3/c1-4-19-14(15(16)12(3)18-19)10-17-9-13-7-5-11(2)6-8-13/h11,13,17H,4-10H2,1-3H3. The van der Waals surface area contributed by atoms with E-state index in [0.717, 1.165) is 37.2 Å². The van der Waals surface area contributed by atoms with Crippen LogP contribution in [0.3, 0.4) is 0 Å². The van der Waals surface area contributed by atoms with Gasteiger partial charge in [-0.25, -0.2) is 0 Å². The van der Waals surface area contributed by atoms with Crippen molar-refractivity contribution in [3.8, 4) is 0 Å². The van der Waals surface area contributed by atoms with Crippen molar-refractivity contribution in [3.63, 3.8) is 0 Å². The summed E-state index contributed by atoms with van der Waals surface area (Å²) in [6.07, 6.45) is 5.59. The Labute approximate surface area is 125 Å². The van der Waals surface area contributed by atoms with E-state index in [1.165, 1.54) is 35.8 Å². The van der Waals surface area contributed by atoms with E-state index in [1.54, 1.807) is 0 Å². The zero-order chi connectivity index (χ0) is 13.8. The first-order valence-corrected chi connectivity index (χ1v) is 8.33. The van der Waals surface area contributed by atoms with Crippen LogP contribution in [-0.2, 0) is 13.1 Å². The minimum atomic E-state index is 0.870. The molecule has 1 aliphatic carbocycles. The van der Waals surface area contributed by atoms with Gasteiger partial charge in [-0.1, -0.05) is 19.8 Å². The molecule has 0 aromatic carbocycles. The molecule has 108 valence electrons. The molecule has 1 aliphatic rings. The second-order valence-corrected chi connectivity index (χ2v) is 6.71. The maximum absolute atomic E-state index is 4.53. The Morgan fingerprint density at radius 3 is 2.63 bits per heavy atom. The van der Waals surface area contributed by atoms with Crippen LogP contribution in [0.1, 0.15) is 50.9 Å². The van der Waals surface area contributed by atoms with Crippen molar-refractivity contribution in [2.75, 3.05) is 6.54 Å². The Kier molecular flexibility index (Phi) is 5.46. The molecule has 4 heteroatoms. The first kappa shape index (κ1) is 15.0. The monoisotopic (exact) mass is 327 g/mol. The van der Waals surface area contributed by atoms with Gasteiger partial charge in [-0.05, 0) is 61.0 Å². The number of aryl methyl sites for hydroxylation is 2. The van der Waals surface area contributed by atoms with Crippen molar-refractivity contribution in [3.05, 3.63) is 15.9 Å². The van der Waals surface area contributed by atoms with Crippen LogP contribution in [0.15, 0.2) is 4.47 Å². The van der Waals surface area contributed by atoms with Gasteiger partial charge in [0.2, 0.25) is 0 Å². The van der Waals surface area contributed by atoms with E-state index in [-0.39, 0.29) is 0 Å². The van der Waals surface area contributed by atoms with Crippen LogP contribution in [0, 0.1) is 18.8 Å². The van der Waals surface area contributed by atoms with Crippen molar-refractivity contribution in [2.24, 2.45) is 11.8 Å². The summed E-state index contributed by atoms with van der Waals surface area (Å²) in [6.45, 7) is 9.58. The van der Waals surface area contributed by atoms with E-state index in [1.807, 2.05) is 0 Å². The molecule has 1 aromatic rings.